The molecule has 23 heavy (non-hydrogen) atoms. The van der Waals surface area contributed by atoms with Crippen molar-refractivity contribution in [2.75, 3.05) is 26.7 Å². The van der Waals surface area contributed by atoms with Gasteiger partial charge in [0.25, 0.3) is 11.8 Å². The highest BCUT2D eigenvalue weighted by atomic mass is 79.9. The third-order valence-electron chi connectivity index (χ3n) is 3.64. The first-order chi connectivity index (χ1) is 11.0. The lowest BCUT2D eigenvalue weighted by Crippen LogP contribution is -2.32. The quantitative estimate of drug-likeness (QED) is 0.528. The van der Waals surface area contributed by atoms with Crippen LogP contribution < -0.4 is 10.6 Å². The molecule has 0 atom stereocenters. The van der Waals surface area contributed by atoms with E-state index in [0.29, 0.717) is 30.5 Å². The van der Waals surface area contributed by atoms with E-state index in [1.165, 1.54) is 4.90 Å². The van der Waals surface area contributed by atoms with Crippen molar-refractivity contribution in [1.82, 2.24) is 15.5 Å². The monoisotopic (exact) mass is 381 g/mol. The van der Waals surface area contributed by atoms with Crippen LogP contribution in [0.2, 0.25) is 0 Å². The number of nitrogens with one attached hydrogen (secondary N) is 2. The van der Waals surface area contributed by atoms with Gasteiger partial charge in [-0.15, -0.1) is 0 Å². The number of hydrogen-bond acceptors (Lipinski definition) is 4. The zero-order valence-electron chi connectivity index (χ0n) is 13.0. The summed E-state index contributed by atoms with van der Waals surface area (Å²) >= 11 is 3.30. The fraction of sp³-hybridized carbons (Fsp3) is 0.438. The fourth-order valence-electron chi connectivity index (χ4n) is 2.45. The van der Waals surface area contributed by atoms with Gasteiger partial charge in [-0.05, 0) is 44.6 Å². The molecule has 0 saturated carbocycles. The van der Waals surface area contributed by atoms with Gasteiger partial charge in [0.05, 0.1) is 11.1 Å². The minimum atomic E-state index is -0.291. The number of imide groups is 1. The first-order valence-corrected chi connectivity index (χ1v) is 8.41. The van der Waals surface area contributed by atoms with Crippen LogP contribution in [0.25, 0.3) is 0 Å². The van der Waals surface area contributed by atoms with Gasteiger partial charge in [0.2, 0.25) is 5.91 Å². The molecular formula is C16H20BrN3O3. The van der Waals surface area contributed by atoms with Gasteiger partial charge in [0.1, 0.15) is 0 Å². The maximum absolute atomic E-state index is 12.3. The molecule has 0 fully saturated rings. The summed E-state index contributed by atoms with van der Waals surface area (Å²) in [5.41, 5.74) is 0.843. The highest BCUT2D eigenvalue weighted by molar-refractivity contribution is 9.10. The molecule has 1 heterocycles. The molecule has 7 heteroatoms. The van der Waals surface area contributed by atoms with E-state index in [4.69, 9.17) is 0 Å². The molecule has 2 N–H and O–H groups in total. The van der Waals surface area contributed by atoms with Crippen molar-refractivity contribution in [3.8, 4) is 0 Å². The van der Waals surface area contributed by atoms with E-state index in [2.05, 4.69) is 26.6 Å². The minimum absolute atomic E-state index is 0.0551. The zero-order valence-corrected chi connectivity index (χ0v) is 14.6. The summed E-state index contributed by atoms with van der Waals surface area (Å²) in [6, 6.07) is 5.05. The Morgan fingerprint density at radius 3 is 2.61 bits per heavy atom. The number of benzene rings is 1. The molecule has 0 bridgehead atoms. The van der Waals surface area contributed by atoms with Crippen molar-refractivity contribution in [1.29, 1.82) is 0 Å². The number of nitrogens with zero attached hydrogens (tertiary/aromatic N) is 1. The van der Waals surface area contributed by atoms with E-state index in [1.807, 2.05) is 7.05 Å². The van der Waals surface area contributed by atoms with Crippen LogP contribution in [0, 0.1) is 0 Å². The predicted octanol–water partition coefficient (Wildman–Crippen LogP) is 1.55. The number of halogens is 1. The Balaban J connectivity index is 1.80. The topological polar surface area (TPSA) is 78.5 Å². The van der Waals surface area contributed by atoms with Crippen molar-refractivity contribution >= 4 is 33.7 Å². The van der Waals surface area contributed by atoms with Gasteiger partial charge in [-0.25, -0.2) is 0 Å². The number of rotatable bonds is 8. The summed E-state index contributed by atoms with van der Waals surface area (Å²) in [7, 11) is 1.86. The van der Waals surface area contributed by atoms with Crippen LogP contribution in [0.1, 0.15) is 40.0 Å². The summed E-state index contributed by atoms with van der Waals surface area (Å²) in [5, 5.41) is 5.82. The zero-order chi connectivity index (χ0) is 16.8. The van der Waals surface area contributed by atoms with E-state index in [-0.39, 0.29) is 24.3 Å². The Bertz CT molecular complexity index is 619. The smallest absolute Gasteiger partial charge is 0.261 e. The molecule has 0 unspecified atom stereocenters. The number of carbonyl (C=O) groups excluding carboxylic acids is 3. The molecule has 0 saturated heterocycles. The second-order valence-corrected chi connectivity index (χ2v) is 6.28. The van der Waals surface area contributed by atoms with Crippen molar-refractivity contribution in [3.05, 3.63) is 33.8 Å². The largest absolute Gasteiger partial charge is 0.356 e. The van der Waals surface area contributed by atoms with Crippen molar-refractivity contribution in [3.63, 3.8) is 0 Å². The number of fused-ring (bicyclic) bond motifs is 1. The average molecular weight is 382 g/mol. The molecule has 1 aliphatic heterocycles. The molecule has 0 spiro atoms. The van der Waals surface area contributed by atoms with Crippen LogP contribution >= 0.6 is 15.9 Å². The standard InChI is InChI=1S/C16H20BrN3O3/c1-18-7-3-8-19-14(21)4-2-9-20-15(22)12-6-5-11(17)10-13(12)16(20)23/h5-6,10,18H,2-4,7-9H2,1H3,(H,19,21). The summed E-state index contributed by atoms with van der Waals surface area (Å²) in [5.74, 6) is -0.631. The molecule has 0 radical (unpaired) electrons. The van der Waals surface area contributed by atoms with E-state index in [0.717, 1.165) is 17.4 Å². The predicted molar refractivity (Wildman–Crippen MR) is 90.3 cm³/mol. The molecule has 6 nitrogen and oxygen atoms in total. The van der Waals surface area contributed by atoms with Gasteiger partial charge in [-0.3, -0.25) is 19.3 Å². The SMILES string of the molecule is CNCCCNC(=O)CCCN1C(=O)c2ccc(Br)cc2C1=O. The third-order valence-corrected chi connectivity index (χ3v) is 4.14. The average Bonchev–Trinajstić information content (AvgIpc) is 2.76. The first kappa shape index (κ1) is 17.6. The lowest BCUT2D eigenvalue weighted by atomic mass is 10.1. The molecule has 1 aromatic carbocycles. The first-order valence-electron chi connectivity index (χ1n) is 7.61. The Hall–Kier alpha value is -1.73. The molecule has 0 aromatic heterocycles. The maximum atomic E-state index is 12.3. The summed E-state index contributed by atoms with van der Waals surface area (Å²) in [6.45, 7) is 1.74. The second kappa shape index (κ2) is 8.21. The van der Waals surface area contributed by atoms with Crippen LogP contribution in [0.3, 0.4) is 0 Å². The maximum Gasteiger partial charge on any atom is 0.261 e. The van der Waals surface area contributed by atoms with Crippen LogP contribution in [-0.2, 0) is 4.79 Å². The van der Waals surface area contributed by atoms with Gasteiger partial charge in [-0.1, -0.05) is 15.9 Å². The summed E-state index contributed by atoms with van der Waals surface area (Å²) in [6.07, 6.45) is 1.64. The van der Waals surface area contributed by atoms with Crippen molar-refractivity contribution in [2.45, 2.75) is 19.3 Å². The van der Waals surface area contributed by atoms with Crippen LogP contribution in [0.15, 0.2) is 22.7 Å². The lowest BCUT2D eigenvalue weighted by Gasteiger charge is -2.13. The highest BCUT2D eigenvalue weighted by Gasteiger charge is 2.35. The summed E-state index contributed by atoms with van der Waals surface area (Å²) < 4.78 is 0.764. The molecule has 1 aromatic rings. The lowest BCUT2D eigenvalue weighted by molar-refractivity contribution is -0.121. The van der Waals surface area contributed by atoms with E-state index in [9.17, 15) is 14.4 Å². The molecular weight excluding hydrogens is 362 g/mol. The Morgan fingerprint density at radius 1 is 1.13 bits per heavy atom. The second-order valence-electron chi connectivity index (χ2n) is 5.36. The van der Waals surface area contributed by atoms with Gasteiger partial charge in [-0.2, -0.15) is 0 Å². The third kappa shape index (κ3) is 4.39. The minimum Gasteiger partial charge on any atom is -0.356 e. The van der Waals surface area contributed by atoms with E-state index >= 15 is 0 Å². The molecule has 0 aliphatic carbocycles. The van der Waals surface area contributed by atoms with Gasteiger partial charge in [0.15, 0.2) is 0 Å². The number of amides is 3. The normalized spacial score (nSPS) is 13.4. The molecule has 124 valence electrons. The highest BCUT2D eigenvalue weighted by Crippen LogP contribution is 2.26. The Morgan fingerprint density at radius 2 is 1.87 bits per heavy atom. The van der Waals surface area contributed by atoms with Crippen LogP contribution in [0.4, 0.5) is 0 Å². The Labute approximate surface area is 143 Å². The van der Waals surface area contributed by atoms with Gasteiger partial charge >= 0.3 is 0 Å². The molecule has 3 amide bonds. The Kier molecular flexibility index (Phi) is 6.29. The fourth-order valence-corrected chi connectivity index (χ4v) is 2.81. The van der Waals surface area contributed by atoms with E-state index in [1.54, 1.807) is 18.2 Å². The van der Waals surface area contributed by atoms with E-state index < -0.39 is 0 Å². The van der Waals surface area contributed by atoms with Crippen molar-refractivity contribution < 1.29 is 14.4 Å². The van der Waals surface area contributed by atoms with Gasteiger partial charge < -0.3 is 10.6 Å². The van der Waals surface area contributed by atoms with Gasteiger partial charge in [0, 0.05) is 24.0 Å². The van der Waals surface area contributed by atoms with Crippen molar-refractivity contribution in [2.24, 2.45) is 0 Å². The molecule has 1 aliphatic rings. The van der Waals surface area contributed by atoms with Crippen LogP contribution in [-0.4, -0.2) is 49.3 Å². The summed E-state index contributed by atoms with van der Waals surface area (Å²) in [4.78, 5) is 37.4. The number of carbonyl (C=O) groups is 3. The molecule has 2 rings (SSSR count). The van der Waals surface area contributed by atoms with Crippen LogP contribution in [0.5, 0.6) is 0 Å². The number of hydrogen-bond donors (Lipinski definition) is 2.